The molecule has 1 amide bonds. The maximum absolute atomic E-state index is 12.7. The number of aromatic nitrogens is 1. The highest BCUT2D eigenvalue weighted by atomic mass is 16.2. The van der Waals surface area contributed by atoms with Crippen LogP contribution < -0.4 is 5.56 Å². The van der Waals surface area contributed by atoms with Gasteiger partial charge in [0, 0.05) is 48.9 Å². The fraction of sp³-hybridized carbons (Fsp3) is 0.350. The number of benzene rings is 1. The summed E-state index contributed by atoms with van der Waals surface area (Å²) in [7, 11) is 0. The van der Waals surface area contributed by atoms with Gasteiger partial charge < -0.3 is 9.47 Å². The summed E-state index contributed by atoms with van der Waals surface area (Å²) in [6.07, 6.45) is 3.22. The number of likely N-dealkylation sites (tertiary alicyclic amines) is 1. The van der Waals surface area contributed by atoms with E-state index in [1.54, 1.807) is 21.7 Å². The molecule has 5 heteroatoms. The number of rotatable bonds is 4. The maximum atomic E-state index is 12.7. The normalized spacial score (nSPS) is 17.3. The van der Waals surface area contributed by atoms with E-state index in [1.807, 2.05) is 37.3 Å². The highest BCUT2D eigenvalue weighted by Gasteiger charge is 2.29. The van der Waals surface area contributed by atoms with Gasteiger partial charge in [0.05, 0.1) is 0 Å². The molecule has 1 aliphatic heterocycles. The molecule has 0 saturated carbocycles. The summed E-state index contributed by atoms with van der Waals surface area (Å²) in [6, 6.07) is 12.3. The number of carbonyl (C=O) groups excluding carboxylic acids is 2. The van der Waals surface area contributed by atoms with Crippen molar-refractivity contribution in [1.82, 2.24) is 9.47 Å². The van der Waals surface area contributed by atoms with Crippen molar-refractivity contribution in [3.05, 3.63) is 70.1 Å². The third kappa shape index (κ3) is 3.71. The Morgan fingerprint density at radius 1 is 1.12 bits per heavy atom. The molecule has 1 aromatic carbocycles. The van der Waals surface area contributed by atoms with Crippen molar-refractivity contribution in [1.29, 1.82) is 0 Å². The van der Waals surface area contributed by atoms with Gasteiger partial charge in [0.1, 0.15) is 0 Å². The number of pyridine rings is 1. The number of carbonyl (C=O) groups is 2. The van der Waals surface area contributed by atoms with Gasteiger partial charge in [-0.15, -0.1) is 0 Å². The topological polar surface area (TPSA) is 59.4 Å². The molecule has 1 aliphatic rings. The first-order valence-corrected chi connectivity index (χ1v) is 8.69. The largest absolute Gasteiger partial charge is 0.338 e. The molecule has 1 atom stereocenters. The van der Waals surface area contributed by atoms with Crippen LogP contribution in [0.1, 0.15) is 40.5 Å². The van der Waals surface area contributed by atoms with E-state index in [2.05, 4.69) is 0 Å². The lowest BCUT2D eigenvalue weighted by Crippen LogP contribution is -2.42. The molecule has 3 rings (SSSR count). The number of nitrogens with zero attached hydrogens (tertiary/aromatic N) is 2. The zero-order chi connectivity index (χ0) is 17.8. The second-order valence-electron chi connectivity index (χ2n) is 6.36. The Hall–Kier alpha value is -2.69. The first kappa shape index (κ1) is 17.1. The predicted octanol–water partition coefficient (Wildman–Crippen LogP) is 2.60. The minimum Gasteiger partial charge on any atom is -0.338 e. The Morgan fingerprint density at radius 2 is 1.88 bits per heavy atom. The van der Waals surface area contributed by atoms with Crippen molar-refractivity contribution in [2.24, 2.45) is 5.92 Å². The summed E-state index contributed by atoms with van der Waals surface area (Å²) in [6.45, 7) is 3.48. The number of amides is 1. The van der Waals surface area contributed by atoms with Crippen molar-refractivity contribution in [3.8, 4) is 0 Å². The fourth-order valence-electron chi connectivity index (χ4n) is 3.30. The van der Waals surface area contributed by atoms with Crippen LogP contribution >= 0.6 is 0 Å². The Morgan fingerprint density at radius 3 is 2.56 bits per heavy atom. The van der Waals surface area contributed by atoms with E-state index in [9.17, 15) is 14.4 Å². The molecular weight excluding hydrogens is 316 g/mol. The van der Waals surface area contributed by atoms with Gasteiger partial charge in [-0.3, -0.25) is 14.4 Å². The first-order chi connectivity index (χ1) is 12.1. The maximum Gasteiger partial charge on any atom is 0.254 e. The van der Waals surface area contributed by atoms with Crippen LogP contribution in [0.5, 0.6) is 0 Å². The molecule has 0 radical (unpaired) electrons. The van der Waals surface area contributed by atoms with E-state index in [1.165, 1.54) is 6.07 Å². The lowest BCUT2D eigenvalue weighted by atomic mass is 9.90. The van der Waals surface area contributed by atoms with Crippen LogP contribution in [0.3, 0.4) is 0 Å². The van der Waals surface area contributed by atoms with Crippen molar-refractivity contribution >= 4 is 11.7 Å². The summed E-state index contributed by atoms with van der Waals surface area (Å²) in [5.74, 6) is -0.276. The van der Waals surface area contributed by atoms with E-state index in [0.717, 1.165) is 12.8 Å². The predicted molar refractivity (Wildman–Crippen MR) is 95.8 cm³/mol. The van der Waals surface area contributed by atoms with Gasteiger partial charge in [-0.1, -0.05) is 30.3 Å². The molecule has 1 saturated heterocycles. The van der Waals surface area contributed by atoms with Crippen LogP contribution in [0.2, 0.25) is 0 Å². The molecule has 1 aromatic heterocycles. The Balaban J connectivity index is 1.75. The highest BCUT2D eigenvalue weighted by molar-refractivity contribution is 5.99. The van der Waals surface area contributed by atoms with E-state index in [-0.39, 0.29) is 23.2 Å². The van der Waals surface area contributed by atoms with Gasteiger partial charge >= 0.3 is 0 Å². The molecular formula is C20H22N2O3. The van der Waals surface area contributed by atoms with Crippen LogP contribution in [0.15, 0.2) is 53.5 Å². The Labute approximate surface area is 146 Å². The van der Waals surface area contributed by atoms with E-state index in [4.69, 9.17) is 0 Å². The van der Waals surface area contributed by atoms with Crippen molar-refractivity contribution in [3.63, 3.8) is 0 Å². The van der Waals surface area contributed by atoms with Crippen LogP contribution in [0, 0.1) is 5.92 Å². The van der Waals surface area contributed by atoms with Gasteiger partial charge in [0.25, 0.3) is 11.5 Å². The summed E-state index contributed by atoms with van der Waals surface area (Å²) in [5, 5.41) is 0. The smallest absolute Gasteiger partial charge is 0.254 e. The Kier molecular flexibility index (Phi) is 5.12. The lowest BCUT2D eigenvalue weighted by Gasteiger charge is -2.32. The van der Waals surface area contributed by atoms with Gasteiger partial charge in [-0.05, 0) is 25.8 Å². The van der Waals surface area contributed by atoms with Crippen LogP contribution in [-0.2, 0) is 6.54 Å². The van der Waals surface area contributed by atoms with Crippen molar-refractivity contribution < 1.29 is 9.59 Å². The second-order valence-corrected chi connectivity index (χ2v) is 6.36. The number of ketones is 1. The average molecular weight is 338 g/mol. The summed E-state index contributed by atoms with van der Waals surface area (Å²) in [5.41, 5.74) is 0.900. The van der Waals surface area contributed by atoms with Gasteiger partial charge in [0.15, 0.2) is 5.78 Å². The number of piperidine rings is 1. The zero-order valence-electron chi connectivity index (χ0n) is 14.4. The van der Waals surface area contributed by atoms with Crippen molar-refractivity contribution in [2.75, 3.05) is 13.1 Å². The molecule has 2 aromatic rings. The number of Topliss-reactive ketones (excluding diaryl/α,β-unsaturated/α-hetero) is 1. The molecule has 0 unspecified atom stereocenters. The summed E-state index contributed by atoms with van der Waals surface area (Å²) in [4.78, 5) is 39.0. The lowest BCUT2D eigenvalue weighted by molar-refractivity contribution is 0.0636. The van der Waals surface area contributed by atoms with Gasteiger partial charge in [-0.25, -0.2) is 0 Å². The van der Waals surface area contributed by atoms with E-state index in [0.29, 0.717) is 30.8 Å². The third-order valence-corrected chi connectivity index (χ3v) is 4.72. The standard InChI is InChI=1S/C20H22N2O3/c1-2-21-12-10-16(13-18(21)23)20(25)22-11-6-9-17(14-22)19(24)15-7-4-3-5-8-15/h3-5,7-8,10,12-13,17H,2,6,9,11,14H2,1H3/t17-/m0/s1. The molecule has 0 spiro atoms. The van der Waals surface area contributed by atoms with E-state index < -0.39 is 0 Å². The van der Waals surface area contributed by atoms with Crippen molar-refractivity contribution in [2.45, 2.75) is 26.3 Å². The number of hydrogen-bond acceptors (Lipinski definition) is 3. The molecule has 0 aliphatic carbocycles. The average Bonchev–Trinajstić information content (AvgIpc) is 2.67. The third-order valence-electron chi connectivity index (χ3n) is 4.72. The number of hydrogen-bond donors (Lipinski definition) is 0. The van der Waals surface area contributed by atoms with Crippen LogP contribution in [-0.4, -0.2) is 34.2 Å². The minimum atomic E-state index is -0.184. The number of aryl methyl sites for hydroxylation is 1. The van der Waals surface area contributed by atoms with Gasteiger partial charge in [-0.2, -0.15) is 0 Å². The van der Waals surface area contributed by atoms with E-state index >= 15 is 0 Å². The highest BCUT2D eigenvalue weighted by Crippen LogP contribution is 2.22. The summed E-state index contributed by atoms with van der Waals surface area (Å²) < 4.78 is 1.55. The minimum absolute atomic E-state index is 0.0829. The van der Waals surface area contributed by atoms with Crippen LogP contribution in [0.25, 0.3) is 0 Å². The summed E-state index contributed by atoms with van der Waals surface area (Å²) >= 11 is 0. The molecule has 0 N–H and O–H groups in total. The van der Waals surface area contributed by atoms with Gasteiger partial charge in [0.2, 0.25) is 0 Å². The molecule has 25 heavy (non-hydrogen) atoms. The molecule has 1 fully saturated rings. The fourth-order valence-corrected chi connectivity index (χ4v) is 3.30. The first-order valence-electron chi connectivity index (χ1n) is 8.69. The quantitative estimate of drug-likeness (QED) is 0.805. The molecule has 5 nitrogen and oxygen atoms in total. The molecule has 0 bridgehead atoms. The van der Waals surface area contributed by atoms with Crippen LogP contribution in [0.4, 0.5) is 0 Å². The second kappa shape index (κ2) is 7.47. The molecule has 2 heterocycles. The SMILES string of the molecule is CCn1ccc(C(=O)N2CCC[C@H](C(=O)c3ccccc3)C2)cc1=O. The zero-order valence-corrected chi connectivity index (χ0v) is 14.4. The Bertz CT molecular complexity index is 826. The molecule has 130 valence electrons. The monoisotopic (exact) mass is 338 g/mol.